The molecule has 0 amide bonds. The molecule has 1 rings (SSSR count). The zero-order chi connectivity index (χ0) is 10.6. The van der Waals surface area contributed by atoms with Gasteiger partial charge < -0.3 is 4.74 Å². The van der Waals surface area contributed by atoms with Crippen LogP contribution in [0.25, 0.3) is 0 Å². The molecule has 0 fully saturated rings. The van der Waals surface area contributed by atoms with Crippen LogP contribution in [0.3, 0.4) is 0 Å². The lowest BCUT2D eigenvalue weighted by molar-refractivity contribution is 0.101. The summed E-state index contributed by atoms with van der Waals surface area (Å²) in [6.45, 7) is 2.22. The Kier molecular flexibility index (Phi) is 3.68. The second-order valence-electron chi connectivity index (χ2n) is 2.70. The monoisotopic (exact) mass is 192 g/mol. The molecule has 0 aliphatic rings. The summed E-state index contributed by atoms with van der Waals surface area (Å²) in [6.07, 6.45) is -0.149. The van der Waals surface area contributed by atoms with Gasteiger partial charge in [-0.3, -0.25) is 4.79 Å². The van der Waals surface area contributed by atoms with Gasteiger partial charge in [-0.25, -0.2) is 4.39 Å². The van der Waals surface area contributed by atoms with Crippen LogP contribution in [0, 0.1) is 5.82 Å². The maximum atomic E-state index is 12.8. The molecule has 1 aromatic rings. The summed E-state index contributed by atoms with van der Waals surface area (Å²) in [4.78, 5) is 11.3. The normalized spacial score (nSPS) is 9.86. The third kappa shape index (κ3) is 2.34. The molecule has 0 aliphatic carbocycles. The standard InChI is InChI=1S/C10H10BFO2/c1-2-14-10-4-3-7(12)5-8(10)9(13)6-11/h3-5H,2,6H2,1H3. The van der Waals surface area contributed by atoms with Gasteiger partial charge in [0.15, 0.2) is 5.78 Å². The Bertz CT molecular complexity index is 339. The van der Waals surface area contributed by atoms with E-state index in [4.69, 9.17) is 12.6 Å². The highest BCUT2D eigenvalue weighted by molar-refractivity contribution is 6.24. The summed E-state index contributed by atoms with van der Waals surface area (Å²) < 4.78 is 18.0. The molecule has 0 unspecified atom stereocenters. The molecule has 0 bridgehead atoms. The van der Waals surface area contributed by atoms with Crippen molar-refractivity contribution in [3.05, 3.63) is 29.6 Å². The minimum Gasteiger partial charge on any atom is -0.493 e. The summed E-state index contributed by atoms with van der Waals surface area (Å²) in [5.41, 5.74) is 0.203. The Morgan fingerprint density at radius 2 is 2.29 bits per heavy atom. The van der Waals surface area contributed by atoms with Crippen molar-refractivity contribution in [1.29, 1.82) is 0 Å². The molecule has 0 saturated carbocycles. The lowest BCUT2D eigenvalue weighted by Gasteiger charge is -2.08. The van der Waals surface area contributed by atoms with E-state index in [1.807, 2.05) is 0 Å². The number of halogens is 1. The molecule has 0 heterocycles. The number of ether oxygens (including phenoxy) is 1. The van der Waals surface area contributed by atoms with Crippen LogP contribution in [0.2, 0.25) is 6.32 Å². The van der Waals surface area contributed by atoms with Gasteiger partial charge in [0.2, 0.25) is 0 Å². The number of hydrogen-bond acceptors (Lipinski definition) is 2. The quantitative estimate of drug-likeness (QED) is 0.538. The van der Waals surface area contributed by atoms with Crippen LogP contribution >= 0.6 is 0 Å². The first-order valence-electron chi connectivity index (χ1n) is 4.34. The molecule has 2 radical (unpaired) electrons. The Balaban J connectivity index is 3.08. The van der Waals surface area contributed by atoms with Crippen molar-refractivity contribution in [2.75, 3.05) is 6.61 Å². The van der Waals surface area contributed by atoms with Gasteiger partial charge >= 0.3 is 0 Å². The van der Waals surface area contributed by atoms with Crippen molar-refractivity contribution in [3.8, 4) is 5.75 Å². The van der Waals surface area contributed by atoms with E-state index in [1.54, 1.807) is 6.92 Å². The van der Waals surface area contributed by atoms with Crippen molar-refractivity contribution in [2.24, 2.45) is 0 Å². The number of carbonyl (C=O) groups excluding carboxylic acids is 1. The summed E-state index contributed by atoms with van der Waals surface area (Å²) in [5.74, 6) is -0.414. The molecule has 0 aromatic heterocycles. The molecule has 14 heavy (non-hydrogen) atoms. The van der Waals surface area contributed by atoms with Crippen LogP contribution in [0.15, 0.2) is 18.2 Å². The van der Waals surface area contributed by atoms with Crippen molar-refractivity contribution < 1.29 is 13.9 Å². The highest BCUT2D eigenvalue weighted by atomic mass is 19.1. The van der Waals surface area contributed by atoms with Gasteiger partial charge in [-0.2, -0.15) is 0 Å². The fourth-order valence-electron chi connectivity index (χ4n) is 1.11. The first kappa shape index (κ1) is 10.8. The summed E-state index contributed by atoms with van der Waals surface area (Å²) in [7, 11) is 5.19. The number of rotatable bonds is 4. The second-order valence-corrected chi connectivity index (χ2v) is 2.70. The van der Waals surface area contributed by atoms with Crippen LogP contribution in [0.1, 0.15) is 17.3 Å². The number of ketones is 1. The molecular formula is C10H10BFO2. The van der Waals surface area contributed by atoms with Gasteiger partial charge in [0.1, 0.15) is 11.6 Å². The predicted molar refractivity (Wildman–Crippen MR) is 52.5 cm³/mol. The van der Waals surface area contributed by atoms with Crippen molar-refractivity contribution in [1.82, 2.24) is 0 Å². The maximum Gasteiger partial charge on any atom is 0.158 e. The van der Waals surface area contributed by atoms with E-state index in [0.717, 1.165) is 6.07 Å². The van der Waals surface area contributed by atoms with E-state index in [0.29, 0.717) is 12.4 Å². The molecule has 0 atom stereocenters. The van der Waals surface area contributed by atoms with E-state index in [1.165, 1.54) is 12.1 Å². The highest BCUT2D eigenvalue weighted by Gasteiger charge is 2.11. The molecular weight excluding hydrogens is 182 g/mol. The predicted octanol–water partition coefficient (Wildman–Crippen LogP) is 1.99. The van der Waals surface area contributed by atoms with Crippen molar-refractivity contribution in [2.45, 2.75) is 13.2 Å². The molecule has 2 nitrogen and oxygen atoms in total. The van der Waals surface area contributed by atoms with E-state index in [-0.39, 0.29) is 17.7 Å². The molecule has 72 valence electrons. The van der Waals surface area contributed by atoms with E-state index in [9.17, 15) is 9.18 Å². The zero-order valence-electron chi connectivity index (χ0n) is 7.92. The summed E-state index contributed by atoms with van der Waals surface area (Å²) in [6, 6.07) is 3.82. The Labute approximate surface area is 83.5 Å². The zero-order valence-corrected chi connectivity index (χ0v) is 7.92. The molecule has 0 N–H and O–H groups in total. The second kappa shape index (κ2) is 4.79. The van der Waals surface area contributed by atoms with Crippen LogP contribution < -0.4 is 4.74 Å². The Morgan fingerprint density at radius 3 is 2.86 bits per heavy atom. The minimum absolute atomic E-state index is 0.149. The SMILES string of the molecule is [B]CC(=O)c1cc(F)ccc1OCC. The largest absolute Gasteiger partial charge is 0.493 e. The average molecular weight is 192 g/mol. The number of hydrogen-bond donors (Lipinski definition) is 0. The highest BCUT2D eigenvalue weighted by Crippen LogP contribution is 2.21. The smallest absolute Gasteiger partial charge is 0.158 e. The summed E-state index contributed by atoms with van der Waals surface area (Å²) in [5, 5.41) is 0. The van der Waals surface area contributed by atoms with Gasteiger partial charge in [0.05, 0.1) is 20.0 Å². The lowest BCUT2D eigenvalue weighted by atomic mass is 9.95. The van der Waals surface area contributed by atoms with Crippen LogP contribution in [0.5, 0.6) is 5.75 Å². The van der Waals surface area contributed by atoms with E-state index < -0.39 is 5.82 Å². The number of benzene rings is 1. The third-order valence-electron chi connectivity index (χ3n) is 1.73. The summed E-state index contributed by atoms with van der Waals surface area (Å²) >= 11 is 0. The first-order chi connectivity index (χ1) is 6.69. The fraction of sp³-hybridized carbons (Fsp3) is 0.300. The van der Waals surface area contributed by atoms with Gasteiger partial charge in [0, 0.05) is 0 Å². The Hall–Kier alpha value is -1.32. The maximum absolute atomic E-state index is 12.8. The molecule has 4 heteroatoms. The topological polar surface area (TPSA) is 26.3 Å². The van der Waals surface area contributed by atoms with Gasteiger partial charge in [-0.05, 0) is 31.4 Å². The van der Waals surface area contributed by atoms with Crippen LogP contribution in [-0.4, -0.2) is 20.2 Å². The van der Waals surface area contributed by atoms with Gasteiger partial charge in [0.25, 0.3) is 0 Å². The number of carbonyl (C=O) groups is 1. The first-order valence-corrected chi connectivity index (χ1v) is 4.34. The third-order valence-corrected chi connectivity index (χ3v) is 1.73. The van der Waals surface area contributed by atoms with Crippen molar-refractivity contribution in [3.63, 3.8) is 0 Å². The molecule has 1 aromatic carbocycles. The average Bonchev–Trinajstić information content (AvgIpc) is 2.20. The fourth-order valence-corrected chi connectivity index (χ4v) is 1.11. The molecule has 0 spiro atoms. The molecule has 0 saturated heterocycles. The Morgan fingerprint density at radius 1 is 1.57 bits per heavy atom. The van der Waals surface area contributed by atoms with Gasteiger partial charge in [-0.1, -0.05) is 0 Å². The van der Waals surface area contributed by atoms with E-state index in [2.05, 4.69) is 0 Å². The molecule has 0 aliphatic heterocycles. The van der Waals surface area contributed by atoms with Crippen LogP contribution in [0.4, 0.5) is 4.39 Å². The number of Topliss-reactive ketones (excluding diaryl/α,β-unsaturated/α-hetero) is 1. The van der Waals surface area contributed by atoms with Gasteiger partial charge in [-0.15, -0.1) is 0 Å². The van der Waals surface area contributed by atoms with Crippen LogP contribution in [-0.2, 0) is 0 Å². The van der Waals surface area contributed by atoms with E-state index >= 15 is 0 Å². The lowest BCUT2D eigenvalue weighted by Crippen LogP contribution is -2.03. The van der Waals surface area contributed by atoms with Crippen molar-refractivity contribution >= 4 is 13.6 Å². The minimum atomic E-state index is -0.467.